The Bertz CT molecular complexity index is 435. The number of carbonyl (C=O) groups is 2. The van der Waals surface area contributed by atoms with Crippen molar-refractivity contribution in [3.63, 3.8) is 0 Å². The van der Waals surface area contributed by atoms with Crippen molar-refractivity contribution in [3.05, 3.63) is 0 Å². The van der Waals surface area contributed by atoms with Gasteiger partial charge in [0.05, 0.1) is 0 Å². The lowest BCUT2D eigenvalue weighted by molar-refractivity contribution is -0.142. The normalized spacial score (nSPS) is 35.4. The van der Waals surface area contributed by atoms with Crippen LogP contribution < -0.4 is 0 Å². The topological polar surface area (TPSA) is 60.9 Å². The second kappa shape index (κ2) is 4.64. The largest absolute Gasteiger partial charge is 0.480 e. The molecule has 3 rings (SSSR count). The van der Waals surface area contributed by atoms with Gasteiger partial charge in [-0.05, 0) is 36.5 Å². The van der Waals surface area contributed by atoms with Crippen molar-refractivity contribution < 1.29 is 14.7 Å². The maximum Gasteiger partial charge on any atom is 0.326 e. The summed E-state index contributed by atoms with van der Waals surface area (Å²) < 4.78 is 0. The molecule has 0 aromatic rings. The van der Waals surface area contributed by atoms with Crippen LogP contribution in [-0.2, 0) is 4.79 Å². The van der Waals surface area contributed by atoms with Crippen LogP contribution in [0, 0.1) is 17.3 Å². The molecule has 0 radical (unpaired) electrons. The Morgan fingerprint density at radius 2 is 2.00 bits per heavy atom. The summed E-state index contributed by atoms with van der Waals surface area (Å²) in [5.74, 6) is -0.256. The molecular weight excluding hydrogens is 256 g/mol. The number of carboxylic acids is 1. The van der Waals surface area contributed by atoms with Gasteiger partial charge in [0.15, 0.2) is 0 Å². The van der Waals surface area contributed by atoms with Gasteiger partial charge in [-0.1, -0.05) is 20.3 Å². The summed E-state index contributed by atoms with van der Waals surface area (Å²) in [6.45, 7) is 6.45. The smallest absolute Gasteiger partial charge is 0.326 e. The van der Waals surface area contributed by atoms with Crippen LogP contribution in [0.3, 0.4) is 0 Å². The molecule has 1 saturated carbocycles. The first-order valence-corrected chi connectivity index (χ1v) is 7.67. The molecule has 2 heterocycles. The van der Waals surface area contributed by atoms with Gasteiger partial charge in [0, 0.05) is 19.6 Å². The third-order valence-corrected chi connectivity index (χ3v) is 5.34. The third-order valence-electron chi connectivity index (χ3n) is 5.34. The SMILES string of the molecule is CC1(C)CCN(C(=O)N2CC3CCCC3C2C(=O)O)C1. The number of hydrogen-bond acceptors (Lipinski definition) is 2. The average molecular weight is 280 g/mol. The highest BCUT2D eigenvalue weighted by molar-refractivity contribution is 5.84. The van der Waals surface area contributed by atoms with Crippen molar-refractivity contribution in [2.75, 3.05) is 19.6 Å². The lowest BCUT2D eigenvalue weighted by Crippen LogP contribution is -2.49. The van der Waals surface area contributed by atoms with Gasteiger partial charge in [-0.3, -0.25) is 0 Å². The maximum absolute atomic E-state index is 12.7. The summed E-state index contributed by atoms with van der Waals surface area (Å²) in [4.78, 5) is 27.7. The first-order valence-electron chi connectivity index (χ1n) is 7.67. The van der Waals surface area contributed by atoms with Gasteiger partial charge in [-0.2, -0.15) is 0 Å². The number of amides is 2. The Balaban J connectivity index is 1.76. The van der Waals surface area contributed by atoms with Gasteiger partial charge < -0.3 is 14.9 Å². The molecular formula is C15H24N2O3. The quantitative estimate of drug-likeness (QED) is 0.799. The first-order chi connectivity index (χ1) is 9.39. The van der Waals surface area contributed by atoms with Crippen molar-refractivity contribution in [1.29, 1.82) is 0 Å². The van der Waals surface area contributed by atoms with E-state index in [9.17, 15) is 14.7 Å². The third kappa shape index (κ3) is 2.17. The van der Waals surface area contributed by atoms with Gasteiger partial charge in [-0.15, -0.1) is 0 Å². The van der Waals surface area contributed by atoms with Crippen molar-refractivity contribution in [1.82, 2.24) is 9.80 Å². The summed E-state index contributed by atoms with van der Waals surface area (Å²) >= 11 is 0. The number of nitrogens with zero attached hydrogens (tertiary/aromatic N) is 2. The van der Waals surface area contributed by atoms with Crippen molar-refractivity contribution in [2.45, 2.75) is 45.6 Å². The van der Waals surface area contributed by atoms with E-state index in [0.717, 1.165) is 38.8 Å². The van der Waals surface area contributed by atoms with Gasteiger partial charge >= 0.3 is 12.0 Å². The predicted octanol–water partition coefficient (Wildman–Crippen LogP) is 2.02. The average Bonchev–Trinajstić information content (AvgIpc) is 2.99. The van der Waals surface area contributed by atoms with Crippen LogP contribution in [-0.4, -0.2) is 52.6 Å². The lowest BCUT2D eigenvalue weighted by atomic mass is 9.93. The molecule has 20 heavy (non-hydrogen) atoms. The van der Waals surface area contributed by atoms with E-state index in [1.807, 2.05) is 4.90 Å². The molecule has 3 atom stereocenters. The highest BCUT2D eigenvalue weighted by Crippen LogP contribution is 2.43. The van der Waals surface area contributed by atoms with Gasteiger partial charge in [0.25, 0.3) is 0 Å². The summed E-state index contributed by atoms with van der Waals surface area (Å²) in [5.41, 5.74) is 0.157. The van der Waals surface area contributed by atoms with Crippen LogP contribution in [0.4, 0.5) is 4.79 Å². The molecule has 0 aromatic carbocycles. The number of rotatable bonds is 1. The fraction of sp³-hybridized carbons (Fsp3) is 0.867. The van der Waals surface area contributed by atoms with Crippen LogP contribution in [0.25, 0.3) is 0 Å². The molecule has 2 saturated heterocycles. The summed E-state index contributed by atoms with van der Waals surface area (Å²) in [6, 6.07) is -0.656. The zero-order valence-electron chi connectivity index (χ0n) is 12.3. The molecule has 0 spiro atoms. The standard InChI is InChI=1S/C15H24N2O3/c1-15(2)6-7-16(9-15)14(20)17-8-10-4-3-5-11(10)12(17)13(18)19/h10-12H,3-9H2,1-2H3,(H,18,19). The minimum absolute atomic E-state index is 0.0580. The number of likely N-dealkylation sites (tertiary alicyclic amines) is 2. The van der Waals surface area contributed by atoms with Gasteiger partial charge in [0.2, 0.25) is 0 Å². The number of hydrogen-bond donors (Lipinski definition) is 1. The molecule has 5 nitrogen and oxygen atoms in total. The number of fused-ring (bicyclic) bond motifs is 1. The van der Waals surface area contributed by atoms with Crippen LogP contribution in [0.1, 0.15) is 39.5 Å². The van der Waals surface area contributed by atoms with Gasteiger partial charge in [-0.25, -0.2) is 9.59 Å². The van der Waals surface area contributed by atoms with Crippen molar-refractivity contribution in [2.24, 2.45) is 17.3 Å². The minimum atomic E-state index is -0.828. The van der Waals surface area contributed by atoms with E-state index < -0.39 is 12.0 Å². The van der Waals surface area contributed by atoms with E-state index in [-0.39, 0.29) is 17.4 Å². The first kappa shape index (κ1) is 13.7. The molecule has 0 bridgehead atoms. The minimum Gasteiger partial charge on any atom is -0.480 e. The number of carbonyl (C=O) groups excluding carboxylic acids is 1. The Morgan fingerprint density at radius 3 is 2.60 bits per heavy atom. The second-order valence-corrected chi connectivity index (χ2v) is 7.41. The highest BCUT2D eigenvalue weighted by atomic mass is 16.4. The molecule has 5 heteroatoms. The molecule has 1 aliphatic carbocycles. The van der Waals surface area contributed by atoms with E-state index >= 15 is 0 Å². The van der Waals surface area contributed by atoms with Crippen LogP contribution >= 0.6 is 0 Å². The predicted molar refractivity (Wildman–Crippen MR) is 74.3 cm³/mol. The fourth-order valence-electron chi connectivity index (χ4n) is 4.28. The molecule has 112 valence electrons. The Hall–Kier alpha value is -1.26. The molecule has 3 unspecified atom stereocenters. The Labute approximate surface area is 119 Å². The van der Waals surface area contributed by atoms with Crippen molar-refractivity contribution in [3.8, 4) is 0 Å². The van der Waals surface area contributed by atoms with E-state index in [1.165, 1.54) is 0 Å². The molecule has 2 aliphatic heterocycles. The maximum atomic E-state index is 12.7. The summed E-state index contributed by atoms with van der Waals surface area (Å²) in [6.07, 6.45) is 4.13. The Morgan fingerprint density at radius 1 is 1.25 bits per heavy atom. The molecule has 3 aliphatic rings. The zero-order chi connectivity index (χ0) is 14.5. The van der Waals surface area contributed by atoms with E-state index in [1.54, 1.807) is 4.90 Å². The number of urea groups is 1. The highest BCUT2D eigenvalue weighted by Gasteiger charge is 2.51. The van der Waals surface area contributed by atoms with Crippen LogP contribution in [0.15, 0.2) is 0 Å². The van der Waals surface area contributed by atoms with Gasteiger partial charge in [0.1, 0.15) is 6.04 Å². The molecule has 1 N–H and O–H groups in total. The Kier molecular flexibility index (Phi) is 3.18. The number of carboxylic acid groups (broad SMARTS) is 1. The monoisotopic (exact) mass is 280 g/mol. The van der Waals surface area contributed by atoms with Crippen molar-refractivity contribution >= 4 is 12.0 Å². The lowest BCUT2D eigenvalue weighted by Gasteiger charge is -2.29. The van der Waals surface area contributed by atoms with Crippen LogP contribution in [0.2, 0.25) is 0 Å². The summed E-state index contributed by atoms with van der Waals surface area (Å²) in [5, 5.41) is 9.51. The number of aliphatic carboxylic acids is 1. The summed E-state index contributed by atoms with van der Waals surface area (Å²) in [7, 11) is 0. The molecule has 3 fully saturated rings. The zero-order valence-corrected chi connectivity index (χ0v) is 12.3. The second-order valence-electron chi connectivity index (χ2n) is 7.41. The van der Waals surface area contributed by atoms with E-state index in [2.05, 4.69) is 13.8 Å². The molecule has 0 aromatic heterocycles. The van der Waals surface area contributed by atoms with E-state index in [4.69, 9.17) is 0 Å². The molecule has 2 amide bonds. The van der Waals surface area contributed by atoms with Crippen LogP contribution in [0.5, 0.6) is 0 Å². The fourth-order valence-corrected chi connectivity index (χ4v) is 4.28. The van der Waals surface area contributed by atoms with E-state index in [0.29, 0.717) is 12.5 Å².